The van der Waals surface area contributed by atoms with Crippen molar-refractivity contribution in [2.75, 3.05) is 5.32 Å². The van der Waals surface area contributed by atoms with Crippen molar-refractivity contribution in [1.82, 2.24) is 0 Å². The first kappa shape index (κ1) is 14.3. The third kappa shape index (κ3) is 3.44. The van der Waals surface area contributed by atoms with Gasteiger partial charge in [-0.25, -0.2) is 0 Å². The minimum atomic E-state index is -0.379. The summed E-state index contributed by atoms with van der Waals surface area (Å²) < 4.78 is 1.59. The number of benzene rings is 2. The molecule has 4 nitrogen and oxygen atoms in total. The molecule has 0 fully saturated rings. The van der Waals surface area contributed by atoms with Crippen molar-refractivity contribution < 1.29 is 4.92 Å². The Balaban J connectivity index is 2.31. The molecule has 0 heterocycles. The number of aryl methyl sites for hydroxylation is 1. The monoisotopic (exact) mass is 432 g/mol. The maximum Gasteiger partial charge on any atom is 0.282 e. The molecular weight excluding hydrogens is 423 g/mol. The molecule has 0 saturated heterocycles. The van der Waals surface area contributed by atoms with Crippen LogP contribution in [0.2, 0.25) is 0 Å². The van der Waals surface area contributed by atoms with Gasteiger partial charge in [0.2, 0.25) is 0 Å². The lowest BCUT2D eigenvalue weighted by atomic mass is 10.2. The zero-order valence-corrected chi connectivity index (χ0v) is 13.7. The molecule has 0 radical (unpaired) electrons. The highest BCUT2D eigenvalue weighted by Gasteiger charge is 2.11. The molecule has 0 atom stereocenters. The molecular formula is C13H10BrIN2O2. The normalized spacial score (nSPS) is 10.3. The van der Waals surface area contributed by atoms with Gasteiger partial charge in [0.05, 0.1) is 8.49 Å². The first-order valence-corrected chi connectivity index (χ1v) is 7.31. The van der Waals surface area contributed by atoms with E-state index < -0.39 is 0 Å². The van der Waals surface area contributed by atoms with Gasteiger partial charge in [0, 0.05) is 21.9 Å². The van der Waals surface area contributed by atoms with Crippen molar-refractivity contribution in [2.45, 2.75) is 6.92 Å². The summed E-state index contributed by atoms with van der Waals surface area (Å²) in [6.45, 7) is 2.01. The van der Waals surface area contributed by atoms with E-state index in [4.69, 9.17) is 0 Å². The van der Waals surface area contributed by atoms with Crippen LogP contribution in [0, 0.1) is 20.6 Å². The zero-order valence-electron chi connectivity index (χ0n) is 9.98. The van der Waals surface area contributed by atoms with E-state index in [1.165, 1.54) is 6.07 Å². The molecule has 0 amide bonds. The van der Waals surface area contributed by atoms with Crippen LogP contribution >= 0.6 is 38.5 Å². The molecule has 0 aliphatic carbocycles. The Labute approximate surface area is 132 Å². The summed E-state index contributed by atoms with van der Waals surface area (Å²) in [7, 11) is 0. The van der Waals surface area contributed by atoms with Gasteiger partial charge in [-0.15, -0.1) is 0 Å². The summed E-state index contributed by atoms with van der Waals surface area (Å²) in [6, 6.07) is 10.9. The van der Waals surface area contributed by atoms with Gasteiger partial charge < -0.3 is 5.32 Å². The van der Waals surface area contributed by atoms with Gasteiger partial charge in [0.1, 0.15) is 0 Å². The lowest BCUT2D eigenvalue weighted by Crippen LogP contribution is -1.96. The first-order valence-electron chi connectivity index (χ1n) is 5.44. The third-order valence-corrected chi connectivity index (χ3v) is 3.98. The van der Waals surface area contributed by atoms with Crippen molar-refractivity contribution in [3.8, 4) is 0 Å². The maximum absolute atomic E-state index is 10.8. The smallest absolute Gasteiger partial charge is 0.282 e. The van der Waals surface area contributed by atoms with E-state index in [0.29, 0.717) is 3.57 Å². The molecule has 0 aliphatic heterocycles. The molecule has 0 bridgehead atoms. The second-order valence-electron chi connectivity index (χ2n) is 4.01. The topological polar surface area (TPSA) is 55.2 Å². The SMILES string of the molecule is Cc1ccc(Br)cc1Nc1ccc([N+](=O)[O-])c(I)c1. The Kier molecular flexibility index (Phi) is 4.41. The van der Waals surface area contributed by atoms with Crippen LogP contribution in [-0.2, 0) is 0 Å². The van der Waals surface area contributed by atoms with E-state index in [1.54, 1.807) is 12.1 Å². The van der Waals surface area contributed by atoms with Crippen LogP contribution in [0.5, 0.6) is 0 Å². The van der Waals surface area contributed by atoms with Gasteiger partial charge in [0.25, 0.3) is 5.69 Å². The fourth-order valence-electron chi connectivity index (χ4n) is 1.62. The van der Waals surface area contributed by atoms with Gasteiger partial charge in [-0.1, -0.05) is 22.0 Å². The van der Waals surface area contributed by atoms with E-state index in [1.807, 2.05) is 47.7 Å². The molecule has 1 N–H and O–H groups in total. The van der Waals surface area contributed by atoms with E-state index in [2.05, 4.69) is 21.2 Å². The van der Waals surface area contributed by atoms with Crippen molar-refractivity contribution in [3.05, 3.63) is 60.1 Å². The van der Waals surface area contributed by atoms with Crippen molar-refractivity contribution in [1.29, 1.82) is 0 Å². The summed E-state index contributed by atoms with van der Waals surface area (Å²) in [4.78, 5) is 10.4. The molecule has 0 saturated carbocycles. The van der Waals surface area contributed by atoms with Gasteiger partial charge in [0.15, 0.2) is 0 Å². The van der Waals surface area contributed by atoms with Crippen molar-refractivity contribution in [2.24, 2.45) is 0 Å². The second-order valence-corrected chi connectivity index (χ2v) is 6.09. The van der Waals surface area contributed by atoms with Crippen LogP contribution < -0.4 is 5.32 Å². The number of nitro benzene ring substituents is 1. The van der Waals surface area contributed by atoms with Gasteiger partial charge in [-0.2, -0.15) is 0 Å². The fraction of sp³-hybridized carbons (Fsp3) is 0.0769. The minimum Gasteiger partial charge on any atom is -0.355 e. The van der Waals surface area contributed by atoms with Crippen LogP contribution in [0.4, 0.5) is 17.1 Å². The average molecular weight is 433 g/mol. The predicted octanol–water partition coefficient (Wildman–Crippen LogP) is 5.01. The van der Waals surface area contributed by atoms with Crippen LogP contribution in [0.15, 0.2) is 40.9 Å². The maximum atomic E-state index is 10.8. The molecule has 19 heavy (non-hydrogen) atoms. The molecule has 0 aliphatic rings. The lowest BCUT2D eigenvalue weighted by Gasteiger charge is -2.10. The second kappa shape index (κ2) is 5.87. The Bertz CT molecular complexity index is 647. The third-order valence-electron chi connectivity index (χ3n) is 2.62. The number of nitrogens with one attached hydrogen (secondary N) is 1. The van der Waals surface area contributed by atoms with Crippen LogP contribution in [-0.4, -0.2) is 4.92 Å². The summed E-state index contributed by atoms with van der Waals surface area (Å²) in [6.07, 6.45) is 0. The zero-order chi connectivity index (χ0) is 14.0. The number of rotatable bonds is 3. The fourth-order valence-corrected chi connectivity index (χ4v) is 2.69. The number of nitrogens with zero attached hydrogens (tertiary/aromatic N) is 1. The van der Waals surface area contributed by atoms with Gasteiger partial charge >= 0.3 is 0 Å². The minimum absolute atomic E-state index is 0.122. The van der Waals surface area contributed by atoms with Crippen molar-refractivity contribution in [3.63, 3.8) is 0 Å². The van der Waals surface area contributed by atoms with Crippen LogP contribution in [0.3, 0.4) is 0 Å². The summed E-state index contributed by atoms with van der Waals surface area (Å²) in [5.41, 5.74) is 3.03. The van der Waals surface area contributed by atoms with E-state index >= 15 is 0 Å². The van der Waals surface area contributed by atoms with E-state index in [-0.39, 0.29) is 10.6 Å². The molecule has 2 aromatic carbocycles. The lowest BCUT2D eigenvalue weighted by molar-refractivity contribution is -0.385. The molecule has 0 aromatic heterocycles. The largest absolute Gasteiger partial charge is 0.355 e. The standard InChI is InChI=1S/C13H10BrIN2O2/c1-8-2-3-9(14)6-12(8)16-10-4-5-13(17(18)19)11(15)7-10/h2-7,16H,1H3. The first-order chi connectivity index (χ1) is 8.97. The Morgan fingerprint density at radius 3 is 2.63 bits per heavy atom. The van der Waals surface area contributed by atoms with E-state index in [0.717, 1.165) is 21.4 Å². The highest BCUT2D eigenvalue weighted by atomic mass is 127. The summed E-state index contributed by atoms with van der Waals surface area (Å²) in [5.74, 6) is 0. The molecule has 0 unspecified atom stereocenters. The number of hydrogen-bond acceptors (Lipinski definition) is 3. The van der Waals surface area contributed by atoms with Crippen LogP contribution in [0.1, 0.15) is 5.56 Å². The number of halogens is 2. The number of nitro groups is 1. The molecule has 2 aromatic rings. The predicted molar refractivity (Wildman–Crippen MR) is 88.0 cm³/mol. The molecule has 0 spiro atoms. The quantitative estimate of drug-likeness (QED) is 0.421. The van der Waals surface area contributed by atoms with E-state index in [9.17, 15) is 10.1 Å². The summed E-state index contributed by atoms with van der Waals surface area (Å²) >= 11 is 5.39. The Morgan fingerprint density at radius 2 is 2.00 bits per heavy atom. The highest BCUT2D eigenvalue weighted by molar-refractivity contribution is 14.1. The Hall–Kier alpha value is -1.15. The molecule has 2 rings (SSSR count). The Morgan fingerprint density at radius 1 is 1.26 bits per heavy atom. The summed E-state index contributed by atoms with van der Waals surface area (Å²) in [5, 5.41) is 14.0. The van der Waals surface area contributed by atoms with Gasteiger partial charge in [-0.3, -0.25) is 10.1 Å². The molecule has 98 valence electrons. The van der Waals surface area contributed by atoms with Gasteiger partial charge in [-0.05, 0) is 59.3 Å². The van der Waals surface area contributed by atoms with Crippen LogP contribution in [0.25, 0.3) is 0 Å². The number of anilines is 2. The average Bonchev–Trinajstić information content (AvgIpc) is 2.33. The number of hydrogen-bond donors (Lipinski definition) is 1. The highest BCUT2D eigenvalue weighted by Crippen LogP contribution is 2.28. The molecule has 6 heteroatoms. The van der Waals surface area contributed by atoms with Crippen molar-refractivity contribution >= 4 is 55.6 Å².